The fourth-order valence-electron chi connectivity index (χ4n) is 1.46. The molecule has 0 rings (SSSR count). The summed E-state index contributed by atoms with van der Waals surface area (Å²) in [6, 6.07) is 0. The highest BCUT2D eigenvalue weighted by atomic mass is 16.4. The van der Waals surface area contributed by atoms with Crippen LogP contribution in [0.25, 0.3) is 0 Å². The zero-order valence-corrected chi connectivity index (χ0v) is 10.2. The van der Waals surface area contributed by atoms with Gasteiger partial charge in [0.25, 0.3) is 0 Å². The van der Waals surface area contributed by atoms with E-state index in [1.54, 1.807) is 4.90 Å². The van der Waals surface area contributed by atoms with Crippen LogP contribution in [-0.2, 0) is 9.59 Å². The normalized spacial score (nSPS) is 10.2. The standard InChI is InChI=1S/C11H23N3O3/c12-6-1-2-8-14(9-3-7-13)10(15)4-5-11(16)17/h1-9,12-13H2,(H,16,17). The second-order valence-corrected chi connectivity index (χ2v) is 3.91. The Morgan fingerprint density at radius 2 is 1.53 bits per heavy atom. The average molecular weight is 245 g/mol. The SMILES string of the molecule is NCCCCN(CCCN)C(=O)CCC(=O)O. The lowest BCUT2D eigenvalue weighted by molar-refractivity contribution is -0.141. The molecule has 0 aliphatic carbocycles. The van der Waals surface area contributed by atoms with Gasteiger partial charge >= 0.3 is 5.97 Å². The van der Waals surface area contributed by atoms with Crippen LogP contribution < -0.4 is 11.5 Å². The van der Waals surface area contributed by atoms with Crippen molar-refractivity contribution in [2.24, 2.45) is 11.5 Å². The number of aliphatic carboxylic acids is 1. The molecule has 0 aliphatic heterocycles. The van der Waals surface area contributed by atoms with Gasteiger partial charge in [-0.05, 0) is 32.4 Å². The van der Waals surface area contributed by atoms with Crippen molar-refractivity contribution in [1.29, 1.82) is 0 Å². The monoisotopic (exact) mass is 245 g/mol. The zero-order valence-electron chi connectivity index (χ0n) is 10.2. The van der Waals surface area contributed by atoms with E-state index in [9.17, 15) is 9.59 Å². The molecule has 0 spiro atoms. The molecule has 0 aromatic heterocycles. The zero-order chi connectivity index (χ0) is 13.1. The highest BCUT2D eigenvalue weighted by Crippen LogP contribution is 2.02. The smallest absolute Gasteiger partial charge is 0.303 e. The van der Waals surface area contributed by atoms with E-state index in [1.165, 1.54) is 0 Å². The number of carboxylic acids is 1. The number of carboxylic acid groups (broad SMARTS) is 1. The number of unbranched alkanes of at least 4 members (excludes halogenated alkanes) is 1. The number of carbonyl (C=O) groups excluding carboxylic acids is 1. The summed E-state index contributed by atoms with van der Waals surface area (Å²) < 4.78 is 0. The van der Waals surface area contributed by atoms with Crippen LogP contribution in [-0.4, -0.2) is 48.1 Å². The Hall–Kier alpha value is -1.14. The molecule has 0 atom stereocenters. The van der Waals surface area contributed by atoms with Crippen molar-refractivity contribution in [2.75, 3.05) is 26.2 Å². The third-order valence-corrected chi connectivity index (χ3v) is 2.42. The summed E-state index contributed by atoms with van der Waals surface area (Å²) in [5.41, 5.74) is 10.8. The summed E-state index contributed by atoms with van der Waals surface area (Å²) in [5.74, 6) is -1.06. The topological polar surface area (TPSA) is 110 Å². The van der Waals surface area contributed by atoms with E-state index in [1.807, 2.05) is 0 Å². The molecule has 0 heterocycles. The lowest BCUT2D eigenvalue weighted by Gasteiger charge is -2.22. The molecule has 1 amide bonds. The van der Waals surface area contributed by atoms with E-state index >= 15 is 0 Å². The summed E-state index contributed by atoms with van der Waals surface area (Å²) in [7, 11) is 0. The van der Waals surface area contributed by atoms with Crippen LogP contribution in [0.3, 0.4) is 0 Å². The lowest BCUT2D eigenvalue weighted by Crippen LogP contribution is -2.34. The van der Waals surface area contributed by atoms with Crippen molar-refractivity contribution in [3.63, 3.8) is 0 Å². The van der Waals surface area contributed by atoms with Crippen LogP contribution in [0.2, 0.25) is 0 Å². The van der Waals surface area contributed by atoms with Gasteiger partial charge in [-0.1, -0.05) is 0 Å². The van der Waals surface area contributed by atoms with E-state index in [-0.39, 0.29) is 18.7 Å². The van der Waals surface area contributed by atoms with Crippen molar-refractivity contribution in [2.45, 2.75) is 32.1 Å². The maximum atomic E-state index is 11.7. The summed E-state index contributed by atoms with van der Waals surface area (Å²) in [4.78, 5) is 23.8. The van der Waals surface area contributed by atoms with E-state index in [4.69, 9.17) is 16.6 Å². The Morgan fingerprint density at radius 3 is 2.06 bits per heavy atom. The minimum absolute atomic E-state index is 0.0581. The molecule has 6 nitrogen and oxygen atoms in total. The molecule has 0 radical (unpaired) electrons. The quantitative estimate of drug-likeness (QED) is 0.460. The van der Waals surface area contributed by atoms with E-state index < -0.39 is 5.97 Å². The maximum Gasteiger partial charge on any atom is 0.303 e. The fourth-order valence-corrected chi connectivity index (χ4v) is 1.46. The summed E-state index contributed by atoms with van der Waals surface area (Å²) in [5, 5.41) is 8.53. The van der Waals surface area contributed by atoms with Gasteiger partial charge in [0.15, 0.2) is 0 Å². The molecule has 100 valence electrons. The predicted octanol–water partition coefficient (Wildman–Crippen LogP) is -0.232. The van der Waals surface area contributed by atoms with Crippen molar-refractivity contribution in [3.8, 4) is 0 Å². The van der Waals surface area contributed by atoms with Gasteiger partial charge in [-0.15, -0.1) is 0 Å². The molecule has 0 aromatic carbocycles. The first-order valence-corrected chi connectivity index (χ1v) is 6.01. The molecule has 17 heavy (non-hydrogen) atoms. The second kappa shape index (κ2) is 10.0. The fraction of sp³-hybridized carbons (Fsp3) is 0.818. The molecule has 0 fully saturated rings. The van der Waals surface area contributed by atoms with Gasteiger partial charge in [-0.2, -0.15) is 0 Å². The maximum absolute atomic E-state index is 11.7. The van der Waals surface area contributed by atoms with Crippen LogP contribution in [0, 0.1) is 0 Å². The molecule has 5 N–H and O–H groups in total. The molecule has 0 aromatic rings. The first-order valence-electron chi connectivity index (χ1n) is 6.01. The summed E-state index contributed by atoms with van der Waals surface area (Å²) in [6.07, 6.45) is 2.39. The number of hydrogen-bond acceptors (Lipinski definition) is 4. The number of amides is 1. The van der Waals surface area contributed by atoms with E-state index in [0.29, 0.717) is 26.2 Å². The van der Waals surface area contributed by atoms with Crippen LogP contribution in [0.1, 0.15) is 32.1 Å². The lowest BCUT2D eigenvalue weighted by atomic mass is 10.2. The average Bonchev–Trinajstić information content (AvgIpc) is 2.30. The third-order valence-electron chi connectivity index (χ3n) is 2.42. The van der Waals surface area contributed by atoms with Crippen molar-refractivity contribution < 1.29 is 14.7 Å². The van der Waals surface area contributed by atoms with Gasteiger partial charge in [0.05, 0.1) is 6.42 Å². The Labute approximate surface area is 102 Å². The molecular formula is C11H23N3O3. The molecule has 0 aliphatic rings. The molecule has 0 saturated carbocycles. The Bertz CT molecular complexity index is 234. The first-order chi connectivity index (χ1) is 8.11. The van der Waals surface area contributed by atoms with Gasteiger partial charge in [0.2, 0.25) is 5.91 Å². The number of carbonyl (C=O) groups is 2. The van der Waals surface area contributed by atoms with Gasteiger partial charge in [-0.3, -0.25) is 9.59 Å². The molecule has 0 saturated heterocycles. The Morgan fingerprint density at radius 1 is 0.941 bits per heavy atom. The minimum atomic E-state index is -0.945. The van der Waals surface area contributed by atoms with E-state index in [2.05, 4.69) is 0 Å². The summed E-state index contributed by atoms with van der Waals surface area (Å²) >= 11 is 0. The van der Waals surface area contributed by atoms with Crippen LogP contribution in [0.4, 0.5) is 0 Å². The first kappa shape index (κ1) is 15.9. The van der Waals surface area contributed by atoms with Crippen LogP contribution in [0.5, 0.6) is 0 Å². The largest absolute Gasteiger partial charge is 0.481 e. The number of nitrogens with two attached hydrogens (primary N) is 2. The third kappa shape index (κ3) is 8.65. The highest BCUT2D eigenvalue weighted by Gasteiger charge is 2.13. The van der Waals surface area contributed by atoms with Crippen LogP contribution in [0.15, 0.2) is 0 Å². The molecular weight excluding hydrogens is 222 g/mol. The van der Waals surface area contributed by atoms with Crippen LogP contribution >= 0.6 is 0 Å². The molecule has 0 unspecified atom stereocenters. The number of hydrogen-bond donors (Lipinski definition) is 3. The van der Waals surface area contributed by atoms with Gasteiger partial charge in [0, 0.05) is 19.5 Å². The van der Waals surface area contributed by atoms with Crippen molar-refractivity contribution in [3.05, 3.63) is 0 Å². The van der Waals surface area contributed by atoms with E-state index in [0.717, 1.165) is 19.3 Å². The van der Waals surface area contributed by atoms with Crippen molar-refractivity contribution >= 4 is 11.9 Å². The minimum Gasteiger partial charge on any atom is -0.481 e. The number of rotatable bonds is 10. The number of nitrogens with zero attached hydrogens (tertiary/aromatic N) is 1. The Kier molecular flexibility index (Phi) is 9.37. The molecule has 6 heteroatoms. The van der Waals surface area contributed by atoms with Crippen molar-refractivity contribution in [1.82, 2.24) is 4.90 Å². The highest BCUT2D eigenvalue weighted by molar-refractivity contribution is 5.80. The summed E-state index contributed by atoms with van der Waals surface area (Å²) in [6.45, 7) is 2.36. The second-order valence-electron chi connectivity index (χ2n) is 3.91. The van der Waals surface area contributed by atoms with Gasteiger partial charge < -0.3 is 21.5 Å². The molecule has 0 bridgehead atoms. The van der Waals surface area contributed by atoms with Gasteiger partial charge in [-0.25, -0.2) is 0 Å². The predicted molar refractivity (Wildman–Crippen MR) is 65.4 cm³/mol. The Balaban J connectivity index is 4.04. The van der Waals surface area contributed by atoms with Gasteiger partial charge in [0.1, 0.15) is 0 Å².